The first-order valence-electron chi connectivity index (χ1n) is 6.31. The molecule has 1 aromatic rings. The van der Waals surface area contributed by atoms with Gasteiger partial charge in [-0.25, -0.2) is 0 Å². The maximum Gasteiger partial charge on any atom is 0.0755 e. The van der Waals surface area contributed by atoms with Crippen molar-refractivity contribution >= 4 is 5.69 Å². The van der Waals surface area contributed by atoms with Gasteiger partial charge in [0.15, 0.2) is 0 Å². The zero-order valence-electron chi connectivity index (χ0n) is 10.6. The van der Waals surface area contributed by atoms with Crippen LogP contribution in [0.5, 0.6) is 0 Å². The first-order valence-corrected chi connectivity index (χ1v) is 6.31. The van der Waals surface area contributed by atoms with Crippen molar-refractivity contribution < 1.29 is 9.84 Å². The minimum Gasteiger partial charge on any atom is -0.394 e. The molecule has 0 spiro atoms. The molecular formula is C14H21NO2. The van der Waals surface area contributed by atoms with E-state index in [1.807, 2.05) is 0 Å². The molecule has 0 amide bonds. The van der Waals surface area contributed by atoms with E-state index >= 15 is 0 Å². The van der Waals surface area contributed by atoms with Crippen LogP contribution in [-0.2, 0) is 11.2 Å². The van der Waals surface area contributed by atoms with E-state index in [4.69, 9.17) is 4.74 Å². The highest BCUT2D eigenvalue weighted by Crippen LogP contribution is 2.28. The largest absolute Gasteiger partial charge is 0.394 e. The lowest BCUT2D eigenvalue weighted by Gasteiger charge is -2.38. The Bertz CT molecular complexity index is 378. The molecule has 3 heteroatoms. The van der Waals surface area contributed by atoms with Gasteiger partial charge in [-0.2, -0.15) is 0 Å². The van der Waals surface area contributed by atoms with E-state index in [-0.39, 0.29) is 12.6 Å². The van der Waals surface area contributed by atoms with Gasteiger partial charge in [-0.15, -0.1) is 0 Å². The minimum absolute atomic E-state index is 0.0927. The predicted molar refractivity (Wildman–Crippen MR) is 69.6 cm³/mol. The summed E-state index contributed by atoms with van der Waals surface area (Å²) in [5.41, 5.74) is 3.92. The molecule has 0 bridgehead atoms. The number of hydrogen-bond acceptors (Lipinski definition) is 3. The van der Waals surface area contributed by atoms with E-state index in [9.17, 15) is 5.11 Å². The number of nitrogens with zero attached hydrogens (tertiary/aromatic N) is 1. The summed E-state index contributed by atoms with van der Waals surface area (Å²) in [4.78, 5) is 2.30. The standard InChI is InChI=1S/C14H21NO2/c1-3-12-6-4-5-11(2)14(12)15-7-8-17-10-13(15)9-16/h4-6,13,16H,3,7-10H2,1-2H3. The highest BCUT2D eigenvalue weighted by atomic mass is 16.5. The van der Waals surface area contributed by atoms with Gasteiger partial charge < -0.3 is 14.7 Å². The van der Waals surface area contributed by atoms with E-state index in [1.54, 1.807) is 0 Å². The van der Waals surface area contributed by atoms with Crippen molar-refractivity contribution in [3.8, 4) is 0 Å². The molecule has 1 saturated heterocycles. The smallest absolute Gasteiger partial charge is 0.0755 e. The Morgan fingerprint density at radius 2 is 2.29 bits per heavy atom. The zero-order valence-corrected chi connectivity index (χ0v) is 10.6. The molecule has 17 heavy (non-hydrogen) atoms. The lowest BCUT2D eigenvalue weighted by Crippen LogP contribution is -2.48. The fraction of sp³-hybridized carbons (Fsp3) is 0.571. The van der Waals surface area contributed by atoms with Crippen molar-refractivity contribution in [1.29, 1.82) is 0 Å². The van der Waals surface area contributed by atoms with Crippen LogP contribution >= 0.6 is 0 Å². The molecule has 0 aliphatic carbocycles. The zero-order chi connectivity index (χ0) is 12.3. The number of para-hydroxylation sites is 1. The van der Waals surface area contributed by atoms with Crippen LogP contribution in [0.1, 0.15) is 18.1 Å². The van der Waals surface area contributed by atoms with Crippen LogP contribution in [0, 0.1) is 6.92 Å². The fourth-order valence-corrected chi connectivity index (χ4v) is 2.52. The number of rotatable bonds is 3. The molecule has 1 fully saturated rings. The number of ether oxygens (including phenoxy) is 1. The van der Waals surface area contributed by atoms with Crippen molar-refractivity contribution in [1.82, 2.24) is 0 Å². The number of aryl methyl sites for hydroxylation is 2. The molecule has 0 aromatic heterocycles. The van der Waals surface area contributed by atoms with Gasteiger partial charge in [0.1, 0.15) is 0 Å². The van der Waals surface area contributed by atoms with E-state index < -0.39 is 0 Å². The van der Waals surface area contributed by atoms with Gasteiger partial charge in [-0.05, 0) is 24.5 Å². The Morgan fingerprint density at radius 1 is 1.47 bits per heavy atom. The van der Waals surface area contributed by atoms with Crippen molar-refractivity contribution in [2.75, 3.05) is 31.3 Å². The maximum absolute atomic E-state index is 9.46. The van der Waals surface area contributed by atoms with Crippen LogP contribution in [0.2, 0.25) is 0 Å². The molecule has 1 N–H and O–H groups in total. The second-order valence-corrected chi connectivity index (χ2v) is 4.54. The maximum atomic E-state index is 9.46. The van der Waals surface area contributed by atoms with Gasteiger partial charge in [0.25, 0.3) is 0 Å². The van der Waals surface area contributed by atoms with Crippen molar-refractivity contribution in [2.24, 2.45) is 0 Å². The molecule has 0 saturated carbocycles. The molecule has 1 aliphatic heterocycles. The normalized spacial score (nSPS) is 20.6. The first kappa shape index (κ1) is 12.4. The second kappa shape index (κ2) is 5.52. The number of hydrogen-bond donors (Lipinski definition) is 1. The number of morpholine rings is 1. The average Bonchev–Trinajstić information content (AvgIpc) is 2.38. The van der Waals surface area contributed by atoms with Crippen LogP contribution in [0.3, 0.4) is 0 Å². The summed E-state index contributed by atoms with van der Waals surface area (Å²) < 4.78 is 5.44. The summed E-state index contributed by atoms with van der Waals surface area (Å²) in [6, 6.07) is 6.51. The lowest BCUT2D eigenvalue weighted by atomic mass is 10.0. The SMILES string of the molecule is CCc1cccc(C)c1N1CCOCC1CO. The molecular weight excluding hydrogens is 214 g/mol. The Hall–Kier alpha value is -1.06. The Balaban J connectivity index is 2.36. The number of aliphatic hydroxyl groups is 1. The third-order valence-corrected chi connectivity index (χ3v) is 3.43. The molecule has 1 atom stereocenters. The Kier molecular flexibility index (Phi) is 4.02. The average molecular weight is 235 g/mol. The fourth-order valence-electron chi connectivity index (χ4n) is 2.52. The third kappa shape index (κ3) is 2.45. The van der Waals surface area contributed by atoms with Crippen molar-refractivity contribution in [3.05, 3.63) is 29.3 Å². The Labute approximate surface area is 103 Å². The molecule has 3 nitrogen and oxygen atoms in total. The van der Waals surface area contributed by atoms with Crippen molar-refractivity contribution in [3.63, 3.8) is 0 Å². The molecule has 2 rings (SSSR count). The van der Waals surface area contributed by atoms with Crippen molar-refractivity contribution in [2.45, 2.75) is 26.3 Å². The van der Waals surface area contributed by atoms with E-state index in [0.717, 1.165) is 19.6 Å². The minimum atomic E-state index is 0.0927. The van der Waals surface area contributed by atoms with Gasteiger partial charge in [-0.3, -0.25) is 0 Å². The predicted octanol–water partition coefficient (Wildman–Crippen LogP) is 1.75. The molecule has 94 valence electrons. The molecule has 0 radical (unpaired) electrons. The molecule has 1 heterocycles. The third-order valence-electron chi connectivity index (χ3n) is 3.43. The molecule has 1 unspecified atom stereocenters. The van der Waals surface area contributed by atoms with Crippen LogP contribution in [0.15, 0.2) is 18.2 Å². The molecule has 1 aliphatic rings. The second-order valence-electron chi connectivity index (χ2n) is 4.54. The van der Waals surface area contributed by atoms with Crippen LogP contribution in [0.4, 0.5) is 5.69 Å². The number of benzene rings is 1. The summed E-state index contributed by atoms with van der Waals surface area (Å²) in [6.07, 6.45) is 1.02. The number of aliphatic hydroxyl groups excluding tert-OH is 1. The summed E-state index contributed by atoms with van der Waals surface area (Å²) in [7, 11) is 0. The summed E-state index contributed by atoms with van der Waals surface area (Å²) in [5.74, 6) is 0. The summed E-state index contributed by atoms with van der Waals surface area (Å²) in [6.45, 7) is 6.69. The summed E-state index contributed by atoms with van der Waals surface area (Å²) >= 11 is 0. The summed E-state index contributed by atoms with van der Waals surface area (Å²) in [5, 5.41) is 9.46. The van der Waals surface area contributed by atoms with Gasteiger partial charge in [0.05, 0.1) is 25.9 Å². The highest BCUT2D eigenvalue weighted by Gasteiger charge is 2.25. The topological polar surface area (TPSA) is 32.7 Å². The first-order chi connectivity index (χ1) is 8.27. The van der Waals surface area contributed by atoms with Crippen LogP contribution < -0.4 is 4.90 Å². The van der Waals surface area contributed by atoms with Gasteiger partial charge >= 0.3 is 0 Å². The van der Waals surface area contributed by atoms with Gasteiger partial charge in [0, 0.05) is 12.2 Å². The van der Waals surface area contributed by atoms with Gasteiger partial charge in [-0.1, -0.05) is 25.1 Å². The quantitative estimate of drug-likeness (QED) is 0.866. The van der Waals surface area contributed by atoms with Gasteiger partial charge in [0.2, 0.25) is 0 Å². The number of anilines is 1. The van der Waals surface area contributed by atoms with Crippen LogP contribution in [-0.4, -0.2) is 37.5 Å². The lowest BCUT2D eigenvalue weighted by molar-refractivity contribution is 0.0726. The van der Waals surface area contributed by atoms with E-state index in [2.05, 4.69) is 36.9 Å². The van der Waals surface area contributed by atoms with Crippen LogP contribution in [0.25, 0.3) is 0 Å². The van der Waals surface area contributed by atoms with E-state index in [1.165, 1.54) is 16.8 Å². The molecule has 1 aromatic carbocycles. The van der Waals surface area contributed by atoms with E-state index in [0.29, 0.717) is 6.61 Å². The monoisotopic (exact) mass is 235 g/mol. The highest BCUT2D eigenvalue weighted by molar-refractivity contribution is 5.60. The Morgan fingerprint density at radius 3 is 3.00 bits per heavy atom.